The van der Waals surface area contributed by atoms with E-state index in [2.05, 4.69) is 6.07 Å². The first-order valence-electron chi connectivity index (χ1n) is 4.92. The van der Waals surface area contributed by atoms with Crippen LogP contribution in [0.25, 0.3) is 0 Å². The van der Waals surface area contributed by atoms with Crippen molar-refractivity contribution in [3.63, 3.8) is 0 Å². The normalized spacial score (nSPS) is 16.1. The van der Waals surface area contributed by atoms with Crippen LogP contribution in [0.4, 0.5) is 0 Å². The molecule has 0 bridgehead atoms. The lowest BCUT2D eigenvalue weighted by molar-refractivity contribution is 0.0598. The summed E-state index contributed by atoms with van der Waals surface area (Å²) in [4.78, 5) is 11.4. The maximum absolute atomic E-state index is 11.4. The summed E-state index contributed by atoms with van der Waals surface area (Å²) >= 11 is 0. The van der Waals surface area contributed by atoms with E-state index in [9.17, 15) is 4.79 Å². The Balaban J connectivity index is 2.32. The number of carbonyl (C=O) groups excluding carboxylic acids is 1. The summed E-state index contributed by atoms with van der Waals surface area (Å²) in [6, 6.07) is 8.66. The van der Waals surface area contributed by atoms with E-state index < -0.39 is 0 Å². The average Bonchev–Trinajstić information content (AvgIpc) is 2.15. The molecule has 0 heterocycles. The standard InChI is InChI=1S/C12H13O2/c1-14-12(13)11-8-3-2-7-10(11)9-5-4-6-9/h2-3,8-9H,4-6H2,1H3. The van der Waals surface area contributed by atoms with Gasteiger partial charge in [0.1, 0.15) is 0 Å². The zero-order valence-corrected chi connectivity index (χ0v) is 8.25. The summed E-state index contributed by atoms with van der Waals surface area (Å²) in [5.74, 6) is 0.272. The molecule has 1 fully saturated rings. The van der Waals surface area contributed by atoms with Crippen LogP contribution in [0.15, 0.2) is 18.2 Å². The third kappa shape index (κ3) is 1.52. The fourth-order valence-corrected chi connectivity index (χ4v) is 1.77. The molecule has 0 aromatic heterocycles. The second-order valence-corrected chi connectivity index (χ2v) is 3.62. The fraction of sp³-hybridized carbons (Fsp3) is 0.417. The molecule has 14 heavy (non-hydrogen) atoms. The van der Waals surface area contributed by atoms with Crippen LogP contribution in [0, 0.1) is 6.07 Å². The summed E-state index contributed by atoms with van der Waals surface area (Å²) in [5.41, 5.74) is 1.71. The van der Waals surface area contributed by atoms with Gasteiger partial charge in [-0.25, -0.2) is 4.79 Å². The second kappa shape index (κ2) is 3.82. The molecule has 2 rings (SSSR count). The van der Waals surface area contributed by atoms with E-state index >= 15 is 0 Å². The van der Waals surface area contributed by atoms with Crippen molar-refractivity contribution < 1.29 is 9.53 Å². The quantitative estimate of drug-likeness (QED) is 0.668. The van der Waals surface area contributed by atoms with E-state index in [1.54, 1.807) is 0 Å². The molecule has 2 heteroatoms. The summed E-state index contributed by atoms with van der Waals surface area (Å²) in [5, 5.41) is 0. The largest absolute Gasteiger partial charge is 0.465 e. The van der Waals surface area contributed by atoms with Crippen LogP contribution in [0.3, 0.4) is 0 Å². The van der Waals surface area contributed by atoms with Crippen LogP contribution in [0.2, 0.25) is 0 Å². The van der Waals surface area contributed by atoms with Crippen LogP contribution in [0.1, 0.15) is 41.1 Å². The number of carbonyl (C=O) groups is 1. The molecule has 0 spiro atoms. The van der Waals surface area contributed by atoms with E-state index in [1.165, 1.54) is 26.4 Å². The predicted octanol–water partition coefficient (Wildman–Crippen LogP) is 2.54. The van der Waals surface area contributed by atoms with Gasteiger partial charge in [-0.1, -0.05) is 18.6 Å². The molecule has 1 radical (unpaired) electrons. The predicted molar refractivity (Wildman–Crippen MR) is 53.2 cm³/mol. The first kappa shape index (κ1) is 9.25. The van der Waals surface area contributed by atoms with Gasteiger partial charge in [-0.2, -0.15) is 0 Å². The first-order valence-corrected chi connectivity index (χ1v) is 4.92. The summed E-state index contributed by atoms with van der Waals surface area (Å²) in [6.07, 6.45) is 3.60. The smallest absolute Gasteiger partial charge is 0.338 e. The number of hydrogen-bond donors (Lipinski definition) is 0. The van der Waals surface area contributed by atoms with E-state index in [1.807, 2.05) is 18.2 Å². The minimum atomic E-state index is -0.247. The van der Waals surface area contributed by atoms with Crippen molar-refractivity contribution in [1.82, 2.24) is 0 Å². The number of rotatable bonds is 2. The fourth-order valence-electron chi connectivity index (χ4n) is 1.77. The van der Waals surface area contributed by atoms with Crippen molar-refractivity contribution in [2.75, 3.05) is 7.11 Å². The van der Waals surface area contributed by atoms with E-state index in [-0.39, 0.29) is 5.97 Å². The zero-order valence-electron chi connectivity index (χ0n) is 8.25. The summed E-state index contributed by atoms with van der Waals surface area (Å²) in [7, 11) is 1.42. The SMILES string of the molecule is COC(=O)c1ccc[c]c1C1CCC1. The van der Waals surface area contributed by atoms with Crippen LogP contribution in [0.5, 0.6) is 0 Å². The van der Waals surface area contributed by atoms with Crippen molar-refractivity contribution in [3.8, 4) is 0 Å². The van der Waals surface area contributed by atoms with Gasteiger partial charge >= 0.3 is 5.97 Å². The molecular formula is C12H13O2. The number of methoxy groups -OCH3 is 1. The van der Waals surface area contributed by atoms with Crippen molar-refractivity contribution >= 4 is 5.97 Å². The van der Waals surface area contributed by atoms with Crippen molar-refractivity contribution in [3.05, 3.63) is 35.4 Å². The molecule has 0 aliphatic heterocycles. The molecule has 1 aromatic rings. The zero-order chi connectivity index (χ0) is 9.97. The highest BCUT2D eigenvalue weighted by Crippen LogP contribution is 2.37. The molecule has 1 saturated carbocycles. The summed E-state index contributed by atoms with van der Waals surface area (Å²) in [6.45, 7) is 0. The van der Waals surface area contributed by atoms with Gasteiger partial charge in [0.2, 0.25) is 0 Å². The number of benzene rings is 1. The van der Waals surface area contributed by atoms with Gasteiger partial charge in [0.15, 0.2) is 0 Å². The minimum Gasteiger partial charge on any atom is -0.465 e. The second-order valence-electron chi connectivity index (χ2n) is 3.62. The Labute approximate surface area is 83.9 Å². The van der Waals surface area contributed by atoms with Crippen LogP contribution >= 0.6 is 0 Å². The van der Waals surface area contributed by atoms with Crippen LogP contribution in [-0.2, 0) is 4.74 Å². The molecular weight excluding hydrogens is 176 g/mol. The molecule has 73 valence electrons. The number of hydrogen-bond acceptors (Lipinski definition) is 2. The highest BCUT2D eigenvalue weighted by molar-refractivity contribution is 5.91. The molecule has 1 aromatic carbocycles. The Kier molecular flexibility index (Phi) is 2.53. The molecule has 1 aliphatic carbocycles. The van der Waals surface area contributed by atoms with Gasteiger partial charge in [-0.3, -0.25) is 0 Å². The molecule has 0 saturated heterocycles. The maximum Gasteiger partial charge on any atom is 0.338 e. The van der Waals surface area contributed by atoms with Crippen molar-refractivity contribution in [2.45, 2.75) is 25.2 Å². The topological polar surface area (TPSA) is 26.3 Å². The number of esters is 1. The minimum absolute atomic E-state index is 0.247. The highest BCUT2D eigenvalue weighted by atomic mass is 16.5. The highest BCUT2D eigenvalue weighted by Gasteiger charge is 2.24. The van der Waals surface area contributed by atoms with Gasteiger partial charge in [0, 0.05) is 0 Å². The third-order valence-electron chi connectivity index (χ3n) is 2.81. The van der Waals surface area contributed by atoms with Crippen LogP contribution < -0.4 is 0 Å². The Hall–Kier alpha value is -1.31. The molecule has 0 amide bonds. The van der Waals surface area contributed by atoms with Gasteiger partial charge in [-0.05, 0) is 36.5 Å². The summed E-state index contributed by atoms with van der Waals surface area (Å²) < 4.78 is 4.74. The molecule has 1 aliphatic rings. The Morgan fingerprint density at radius 3 is 2.93 bits per heavy atom. The first-order chi connectivity index (χ1) is 6.83. The molecule has 0 unspecified atom stereocenters. The Bertz CT molecular complexity index is 340. The monoisotopic (exact) mass is 189 g/mol. The van der Waals surface area contributed by atoms with Crippen molar-refractivity contribution in [1.29, 1.82) is 0 Å². The van der Waals surface area contributed by atoms with Gasteiger partial charge in [-0.15, -0.1) is 0 Å². The molecule has 0 atom stereocenters. The van der Waals surface area contributed by atoms with E-state index in [0.717, 1.165) is 5.56 Å². The van der Waals surface area contributed by atoms with Gasteiger partial charge in [0.05, 0.1) is 12.7 Å². The molecule has 0 N–H and O–H groups in total. The molecule has 2 nitrogen and oxygen atoms in total. The van der Waals surface area contributed by atoms with E-state index in [0.29, 0.717) is 11.5 Å². The third-order valence-corrected chi connectivity index (χ3v) is 2.81. The average molecular weight is 189 g/mol. The lowest BCUT2D eigenvalue weighted by Crippen LogP contribution is -2.14. The number of ether oxygens (including phenoxy) is 1. The van der Waals surface area contributed by atoms with Crippen molar-refractivity contribution in [2.24, 2.45) is 0 Å². The van der Waals surface area contributed by atoms with E-state index in [4.69, 9.17) is 4.74 Å². The maximum atomic E-state index is 11.4. The van der Waals surface area contributed by atoms with Crippen LogP contribution in [-0.4, -0.2) is 13.1 Å². The van der Waals surface area contributed by atoms with Gasteiger partial charge in [0.25, 0.3) is 0 Å². The van der Waals surface area contributed by atoms with Gasteiger partial charge < -0.3 is 4.74 Å². The Morgan fingerprint density at radius 1 is 1.57 bits per heavy atom. The lowest BCUT2D eigenvalue weighted by Gasteiger charge is -2.26. The Morgan fingerprint density at radius 2 is 2.36 bits per heavy atom. The lowest BCUT2D eigenvalue weighted by atomic mass is 9.78.